The highest BCUT2D eigenvalue weighted by molar-refractivity contribution is 5.79. The van der Waals surface area contributed by atoms with Crippen molar-refractivity contribution >= 4 is 5.91 Å². The third-order valence-electron chi connectivity index (χ3n) is 2.08. The minimum atomic E-state index is -0.0751. The molecule has 0 bridgehead atoms. The van der Waals surface area contributed by atoms with Gasteiger partial charge in [-0.15, -0.1) is 6.42 Å². The van der Waals surface area contributed by atoms with E-state index in [0.29, 0.717) is 13.0 Å². The van der Waals surface area contributed by atoms with Crippen LogP contribution in [-0.2, 0) is 17.8 Å². The Morgan fingerprint density at radius 2 is 2.07 bits per heavy atom. The zero-order chi connectivity index (χ0) is 11.1. The monoisotopic (exact) mass is 202 g/mol. The Kier molecular flexibility index (Phi) is 4.39. The maximum atomic E-state index is 11.4. The van der Waals surface area contributed by atoms with Gasteiger partial charge in [0.25, 0.3) is 0 Å². The van der Waals surface area contributed by atoms with Gasteiger partial charge in [-0.3, -0.25) is 4.79 Å². The first-order chi connectivity index (χ1) is 7.27. The van der Waals surface area contributed by atoms with Gasteiger partial charge in [-0.25, -0.2) is 0 Å². The summed E-state index contributed by atoms with van der Waals surface area (Å²) >= 11 is 0. The van der Waals surface area contributed by atoms with Crippen LogP contribution in [-0.4, -0.2) is 12.5 Å². The first-order valence-electron chi connectivity index (χ1n) is 4.75. The number of nitrogens with one attached hydrogen (secondary N) is 1. The predicted molar refractivity (Wildman–Crippen MR) is 59.9 cm³/mol. The molecule has 3 N–H and O–H groups in total. The zero-order valence-corrected chi connectivity index (χ0v) is 8.49. The molecular weight excluding hydrogens is 188 g/mol. The van der Waals surface area contributed by atoms with E-state index >= 15 is 0 Å². The summed E-state index contributed by atoms with van der Waals surface area (Å²) < 4.78 is 0. The van der Waals surface area contributed by atoms with Crippen molar-refractivity contribution in [1.82, 2.24) is 5.32 Å². The lowest BCUT2D eigenvalue weighted by Gasteiger charge is -2.06. The summed E-state index contributed by atoms with van der Waals surface area (Å²) in [6.45, 7) is 0.711. The molecule has 0 saturated heterocycles. The molecule has 0 spiro atoms. The van der Waals surface area contributed by atoms with Crippen molar-refractivity contribution in [1.29, 1.82) is 0 Å². The van der Waals surface area contributed by atoms with E-state index in [9.17, 15) is 4.79 Å². The van der Waals surface area contributed by atoms with Crippen LogP contribution in [0, 0.1) is 12.3 Å². The molecule has 1 aromatic carbocycles. The first-order valence-corrected chi connectivity index (χ1v) is 4.75. The number of rotatable bonds is 4. The molecule has 0 radical (unpaired) electrons. The van der Waals surface area contributed by atoms with Gasteiger partial charge >= 0.3 is 0 Å². The standard InChI is InChI=1S/C12H14N2O/c1-2-7-14-12(15)8-10-5-3-4-6-11(10)9-13/h1,3-6H,7-9,13H2,(H,14,15). The van der Waals surface area contributed by atoms with Gasteiger partial charge in [0.2, 0.25) is 5.91 Å². The third-order valence-corrected chi connectivity index (χ3v) is 2.08. The van der Waals surface area contributed by atoms with Crippen LogP contribution in [0.4, 0.5) is 0 Å². The number of amides is 1. The molecule has 1 rings (SSSR count). The topological polar surface area (TPSA) is 55.1 Å². The summed E-state index contributed by atoms with van der Waals surface area (Å²) in [7, 11) is 0. The van der Waals surface area contributed by atoms with Crippen LogP contribution in [0.5, 0.6) is 0 Å². The Bertz CT molecular complexity index is 379. The van der Waals surface area contributed by atoms with Crippen molar-refractivity contribution in [2.45, 2.75) is 13.0 Å². The van der Waals surface area contributed by atoms with Crippen LogP contribution < -0.4 is 11.1 Å². The van der Waals surface area contributed by atoms with Crippen LogP contribution in [0.3, 0.4) is 0 Å². The molecule has 0 aliphatic carbocycles. The average molecular weight is 202 g/mol. The summed E-state index contributed by atoms with van der Waals surface area (Å²) in [6.07, 6.45) is 5.37. The van der Waals surface area contributed by atoms with E-state index in [1.165, 1.54) is 0 Å². The molecule has 0 aliphatic heterocycles. The number of hydrogen-bond donors (Lipinski definition) is 2. The molecular formula is C12H14N2O. The molecule has 0 fully saturated rings. The van der Waals surface area contributed by atoms with Crippen LogP contribution >= 0.6 is 0 Å². The summed E-state index contributed by atoms with van der Waals surface area (Å²) in [5.74, 6) is 2.28. The van der Waals surface area contributed by atoms with Crippen LogP contribution in [0.15, 0.2) is 24.3 Å². The van der Waals surface area contributed by atoms with Gasteiger partial charge in [0, 0.05) is 6.54 Å². The minimum absolute atomic E-state index is 0.0751. The number of carbonyl (C=O) groups is 1. The zero-order valence-electron chi connectivity index (χ0n) is 8.49. The van der Waals surface area contributed by atoms with Crippen molar-refractivity contribution in [2.75, 3.05) is 6.54 Å². The largest absolute Gasteiger partial charge is 0.345 e. The molecule has 15 heavy (non-hydrogen) atoms. The minimum Gasteiger partial charge on any atom is -0.345 e. The Hall–Kier alpha value is -1.79. The van der Waals surface area contributed by atoms with Gasteiger partial charge in [-0.2, -0.15) is 0 Å². The van der Waals surface area contributed by atoms with E-state index in [4.69, 9.17) is 12.2 Å². The molecule has 0 atom stereocenters. The van der Waals surface area contributed by atoms with Gasteiger partial charge in [-0.05, 0) is 11.1 Å². The fourth-order valence-corrected chi connectivity index (χ4v) is 1.31. The smallest absolute Gasteiger partial charge is 0.225 e. The first kappa shape index (κ1) is 11.3. The van der Waals surface area contributed by atoms with E-state index in [2.05, 4.69) is 11.2 Å². The molecule has 1 amide bonds. The molecule has 78 valence electrons. The SMILES string of the molecule is C#CCNC(=O)Cc1ccccc1CN. The van der Waals surface area contributed by atoms with Gasteiger partial charge in [0.15, 0.2) is 0 Å². The van der Waals surface area contributed by atoms with Crippen LogP contribution in [0.25, 0.3) is 0 Å². The molecule has 0 unspecified atom stereocenters. The number of terminal acetylenes is 1. The Morgan fingerprint density at radius 1 is 1.40 bits per heavy atom. The molecule has 3 nitrogen and oxygen atoms in total. The second-order valence-corrected chi connectivity index (χ2v) is 3.13. The van der Waals surface area contributed by atoms with E-state index in [1.54, 1.807) is 0 Å². The van der Waals surface area contributed by atoms with Crippen molar-refractivity contribution in [2.24, 2.45) is 5.73 Å². The lowest BCUT2D eigenvalue weighted by molar-refractivity contribution is -0.120. The Balaban J connectivity index is 2.64. The van der Waals surface area contributed by atoms with Crippen LogP contribution in [0.2, 0.25) is 0 Å². The fourth-order valence-electron chi connectivity index (χ4n) is 1.31. The van der Waals surface area contributed by atoms with Gasteiger partial charge < -0.3 is 11.1 Å². The van der Waals surface area contributed by atoms with Crippen molar-refractivity contribution < 1.29 is 4.79 Å². The van der Waals surface area contributed by atoms with Crippen molar-refractivity contribution in [3.8, 4) is 12.3 Å². The quantitative estimate of drug-likeness (QED) is 0.696. The molecule has 1 aromatic rings. The van der Waals surface area contributed by atoms with E-state index in [1.807, 2.05) is 24.3 Å². The van der Waals surface area contributed by atoms with Crippen molar-refractivity contribution in [3.05, 3.63) is 35.4 Å². The van der Waals surface area contributed by atoms with Gasteiger partial charge in [-0.1, -0.05) is 30.2 Å². The van der Waals surface area contributed by atoms with Gasteiger partial charge in [0.05, 0.1) is 13.0 Å². The lowest BCUT2D eigenvalue weighted by Crippen LogP contribution is -2.25. The normalized spacial score (nSPS) is 9.33. The maximum absolute atomic E-state index is 11.4. The molecule has 0 aromatic heterocycles. The Labute approximate surface area is 89.7 Å². The molecule has 0 saturated carbocycles. The summed E-state index contributed by atoms with van der Waals surface area (Å²) in [5.41, 5.74) is 7.51. The lowest BCUT2D eigenvalue weighted by atomic mass is 10.0. The summed E-state index contributed by atoms with van der Waals surface area (Å²) in [4.78, 5) is 11.4. The predicted octanol–water partition coefficient (Wildman–Crippen LogP) is 0.437. The maximum Gasteiger partial charge on any atom is 0.225 e. The average Bonchev–Trinajstić information content (AvgIpc) is 2.27. The van der Waals surface area contributed by atoms with E-state index in [0.717, 1.165) is 11.1 Å². The Morgan fingerprint density at radius 3 is 2.67 bits per heavy atom. The highest BCUT2D eigenvalue weighted by Gasteiger charge is 2.05. The number of hydrogen-bond acceptors (Lipinski definition) is 2. The van der Waals surface area contributed by atoms with E-state index in [-0.39, 0.29) is 12.5 Å². The second-order valence-electron chi connectivity index (χ2n) is 3.13. The van der Waals surface area contributed by atoms with E-state index < -0.39 is 0 Å². The summed E-state index contributed by atoms with van der Waals surface area (Å²) in [5, 5.41) is 2.62. The highest BCUT2D eigenvalue weighted by Crippen LogP contribution is 2.08. The number of carbonyl (C=O) groups excluding carboxylic acids is 1. The molecule has 0 heterocycles. The van der Waals surface area contributed by atoms with Crippen molar-refractivity contribution in [3.63, 3.8) is 0 Å². The third kappa shape index (κ3) is 3.45. The number of nitrogens with two attached hydrogens (primary N) is 1. The van der Waals surface area contributed by atoms with Gasteiger partial charge in [0.1, 0.15) is 0 Å². The molecule has 3 heteroatoms. The molecule has 0 aliphatic rings. The fraction of sp³-hybridized carbons (Fsp3) is 0.250. The number of benzene rings is 1. The highest BCUT2D eigenvalue weighted by atomic mass is 16.1. The van der Waals surface area contributed by atoms with Crippen LogP contribution in [0.1, 0.15) is 11.1 Å². The second kappa shape index (κ2) is 5.84. The summed E-state index contributed by atoms with van der Waals surface area (Å²) in [6, 6.07) is 7.62.